The van der Waals surface area contributed by atoms with E-state index in [1.807, 2.05) is 35.9 Å². The second kappa shape index (κ2) is 6.92. The van der Waals surface area contributed by atoms with Crippen molar-refractivity contribution in [1.82, 2.24) is 15.0 Å². The molecule has 0 aliphatic heterocycles. The van der Waals surface area contributed by atoms with Gasteiger partial charge in [-0.2, -0.15) is 0 Å². The van der Waals surface area contributed by atoms with Gasteiger partial charge in [0.25, 0.3) is 0 Å². The quantitative estimate of drug-likeness (QED) is 0.921. The number of ether oxygens (including phenoxy) is 1. The molecule has 1 aromatic carbocycles. The summed E-state index contributed by atoms with van der Waals surface area (Å²) in [5, 5.41) is 18.0. The largest absolute Gasteiger partial charge is 0.494 e. The van der Waals surface area contributed by atoms with E-state index in [4.69, 9.17) is 4.74 Å². The lowest BCUT2D eigenvalue weighted by atomic mass is 9.86. The van der Waals surface area contributed by atoms with E-state index in [-0.39, 0.29) is 6.61 Å². The number of hydrogen-bond acceptors (Lipinski definition) is 4. The first-order valence-electron chi connectivity index (χ1n) is 8.12. The normalized spacial score (nSPS) is 15.9. The van der Waals surface area contributed by atoms with Crippen molar-refractivity contribution in [3.63, 3.8) is 0 Å². The minimum absolute atomic E-state index is 0.0527. The van der Waals surface area contributed by atoms with Crippen LogP contribution in [0.2, 0.25) is 0 Å². The molecule has 0 unspecified atom stereocenters. The molecule has 22 heavy (non-hydrogen) atoms. The third-order valence-corrected chi connectivity index (χ3v) is 4.31. The summed E-state index contributed by atoms with van der Waals surface area (Å²) in [6, 6.07) is 7.88. The van der Waals surface area contributed by atoms with E-state index in [0.29, 0.717) is 18.2 Å². The van der Waals surface area contributed by atoms with Crippen LogP contribution in [-0.4, -0.2) is 26.7 Å². The summed E-state index contributed by atoms with van der Waals surface area (Å²) in [6.45, 7) is 2.58. The van der Waals surface area contributed by atoms with Crippen LogP contribution in [0.3, 0.4) is 0 Å². The molecule has 5 heteroatoms. The van der Waals surface area contributed by atoms with Gasteiger partial charge in [0.1, 0.15) is 11.4 Å². The number of hydrogen-bond donors (Lipinski definition) is 1. The summed E-state index contributed by atoms with van der Waals surface area (Å²) in [4.78, 5) is 0. The Hall–Kier alpha value is -1.88. The predicted octanol–water partition coefficient (Wildman–Crippen LogP) is 3.21. The molecule has 0 amide bonds. The number of nitrogens with zero attached hydrogens (tertiary/aromatic N) is 3. The molecule has 5 nitrogen and oxygen atoms in total. The topological polar surface area (TPSA) is 60.2 Å². The fourth-order valence-corrected chi connectivity index (χ4v) is 3.26. The van der Waals surface area contributed by atoms with Gasteiger partial charge in [0.05, 0.1) is 24.6 Å². The summed E-state index contributed by atoms with van der Waals surface area (Å²) < 4.78 is 7.37. The Labute approximate surface area is 130 Å². The second-order valence-corrected chi connectivity index (χ2v) is 5.75. The van der Waals surface area contributed by atoms with Crippen LogP contribution in [0, 0.1) is 0 Å². The molecule has 0 spiro atoms. The highest BCUT2D eigenvalue weighted by Crippen LogP contribution is 2.35. The summed E-state index contributed by atoms with van der Waals surface area (Å²) >= 11 is 0. The second-order valence-electron chi connectivity index (χ2n) is 5.75. The molecule has 1 aromatic heterocycles. The zero-order valence-electron chi connectivity index (χ0n) is 13.0. The summed E-state index contributed by atoms with van der Waals surface area (Å²) in [5.41, 5.74) is 2.75. The Kier molecular flexibility index (Phi) is 4.73. The molecular formula is C17H23N3O2. The predicted molar refractivity (Wildman–Crippen MR) is 84.3 cm³/mol. The van der Waals surface area contributed by atoms with E-state index < -0.39 is 0 Å². The Balaban J connectivity index is 1.94. The SMILES string of the molecule is CCOc1ccc(-n2nnc(CO)c2C2CCCCC2)cc1. The monoisotopic (exact) mass is 301 g/mol. The van der Waals surface area contributed by atoms with E-state index in [1.165, 1.54) is 19.3 Å². The van der Waals surface area contributed by atoms with Crippen LogP contribution in [-0.2, 0) is 6.61 Å². The summed E-state index contributed by atoms with van der Waals surface area (Å²) in [7, 11) is 0. The summed E-state index contributed by atoms with van der Waals surface area (Å²) in [5.74, 6) is 1.30. The first-order valence-corrected chi connectivity index (χ1v) is 8.12. The van der Waals surface area contributed by atoms with E-state index in [0.717, 1.165) is 30.0 Å². The molecule has 2 aromatic rings. The van der Waals surface area contributed by atoms with Crippen molar-refractivity contribution in [3.05, 3.63) is 35.7 Å². The highest BCUT2D eigenvalue weighted by molar-refractivity contribution is 5.39. The van der Waals surface area contributed by atoms with Gasteiger partial charge in [0.2, 0.25) is 0 Å². The molecule has 0 atom stereocenters. The first kappa shape index (κ1) is 15.0. The fourth-order valence-electron chi connectivity index (χ4n) is 3.26. The lowest BCUT2D eigenvalue weighted by Crippen LogP contribution is -2.12. The Morgan fingerprint density at radius 2 is 1.91 bits per heavy atom. The van der Waals surface area contributed by atoms with E-state index in [2.05, 4.69) is 10.3 Å². The summed E-state index contributed by atoms with van der Waals surface area (Å²) in [6.07, 6.45) is 6.08. The molecule has 1 saturated carbocycles. The highest BCUT2D eigenvalue weighted by Gasteiger charge is 2.24. The van der Waals surface area contributed by atoms with Crippen molar-refractivity contribution in [2.24, 2.45) is 0 Å². The van der Waals surface area contributed by atoms with Crippen LogP contribution >= 0.6 is 0 Å². The van der Waals surface area contributed by atoms with Gasteiger partial charge in [0, 0.05) is 5.92 Å². The van der Waals surface area contributed by atoms with Gasteiger partial charge in [-0.25, -0.2) is 4.68 Å². The number of aliphatic hydroxyl groups is 1. The van der Waals surface area contributed by atoms with Crippen LogP contribution in [0.1, 0.15) is 56.3 Å². The maximum Gasteiger partial charge on any atom is 0.119 e. The molecular weight excluding hydrogens is 278 g/mol. The van der Waals surface area contributed by atoms with Crippen molar-refractivity contribution in [3.8, 4) is 11.4 Å². The molecule has 1 N–H and O–H groups in total. The average Bonchev–Trinajstić information content (AvgIpc) is 3.00. The molecule has 1 fully saturated rings. The molecule has 0 radical (unpaired) electrons. The van der Waals surface area contributed by atoms with E-state index in [9.17, 15) is 5.11 Å². The third kappa shape index (κ3) is 2.99. The molecule has 3 rings (SSSR count). The number of aliphatic hydroxyl groups excluding tert-OH is 1. The molecule has 1 aliphatic carbocycles. The lowest BCUT2D eigenvalue weighted by molar-refractivity contribution is 0.273. The van der Waals surface area contributed by atoms with Crippen LogP contribution in [0.15, 0.2) is 24.3 Å². The number of benzene rings is 1. The minimum Gasteiger partial charge on any atom is -0.494 e. The lowest BCUT2D eigenvalue weighted by Gasteiger charge is -2.23. The van der Waals surface area contributed by atoms with Gasteiger partial charge in [0.15, 0.2) is 0 Å². The Morgan fingerprint density at radius 1 is 1.18 bits per heavy atom. The first-order chi connectivity index (χ1) is 10.8. The zero-order chi connectivity index (χ0) is 15.4. The van der Waals surface area contributed by atoms with Gasteiger partial charge in [-0.05, 0) is 44.0 Å². The van der Waals surface area contributed by atoms with Crippen LogP contribution in [0.25, 0.3) is 5.69 Å². The smallest absolute Gasteiger partial charge is 0.119 e. The maximum atomic E-state index is 9.59. The van der Waals surface area contributed by atoms with Gasteiger partial charge in [-0.15, -0.1) is 5.10 Å². The van der Waals surface area contributed by atoms with Gasteiger partial charge >= 0.3 is 0 Å². The number of rotatable bonds is 5. The zero-order valence-corrected chi connectivity index (χ0v) is 13.0. The van der Waals surface area contributed by atoms with Gasteiger partial charge < -0.3 is 9.84 Å². The van der Waals surface area contributed by atoms with Crippen LogP contribution in [0.4, 0.5) is 0 Å². The van der Waals surface area contributed by atoms with E-state index >= 15 is 0 Å². The molecule has 1 aliphatic rings. The van der Waals surface area contributed by atoms with E-state index in [1.54, 1.807) is 0 Å². The highest BCUT2D eigenvalue weighted by atomic mass is 16.5. The average molecular weight is 301 g/mol. The fraction of sp³-hybridized carbons (Fsp3) is 0.529. The van der Waals surface area contributed by atoms with Crippen LogP contribution in [0.5, 0.6) is 5.75 Å². The standard InChI is InChI=1S/C17H23N3O2/c1-2-22-15-10-8-14(9-11-15)20-17(16(12-21)18-19-20)13-6-4-3-5-7-13/h8-11,13,21H,2-7,12H2,1H3. The number of aromatic nitrogens is 3. The maximum absolute atomic E-state index is 9.59. The van der Waals surface area contributed by atoms with Gasteiger partial charge in [-0.1, -0.05) is 24.5 Å². The van der Waals surface area contributed by atoms with Crippen molar-refractivity contribution >= 4 is 0 Å². The Bertz CT molecular complexity index is 601. The van der Waals surface area contributed by atoms with Crippen molar-refractivity contribution in [2.45, 2.75) is 51.6 Å². The molecule has 118 valence electrons. The van der Waals surface area contributed by atoms with Crippen molar-refractivity contribution in [2.75, 3.05) is 6.61 Å². The molecule has 0 bridgehead atoms. The molecule has 1 heterocycles. The minimum atomic E-state index is -0.0527. The third-order valence-electron chi connectivity index (χ3n) is 4.31. The van der Waals surface area contributed by atoms with Crippen molar-refractivity contribution in [1.29, 1.82) is 0 Å². The van der Waals surface area contributed by atoms with Crippen molar-refractivity contribution < 1.29 is 9.84 Å². The Morgan fingerprint density at radius 3 is 2.55 bits per heavy atom. The van der Waals surface area contributed by atoms with Crippen LogP contribution < -0.4 is 4.74 Å². The van der Waals surface area contributed by atoms with Gasteiger partial charge in [-0.3, -0.25) is 0 Å². The molecule has 0 saturated heterocycles.